The van der Waals surface area contributed by atoms with Crippen LogP contribution in [0.4, 0.5) is 11.4 Å². The molecule has 4 aromatic carbocycles. The zero-order valence-electron chi connectivity index (χ0n) is 17.7. The number of sulfone groups is 1. The zero-order valence-corrected chi connectivity index (χ0v) is 18.5. The molecule has 0 N–H and O–H groups in total. The van der Waals surface area contributed by atoms with Gasteiger partial charge in [-0.05, 0) is 60.7 Å². The van der Waals surface area contributed by atoms with Gasteiger partial charge in [0.15, 0.2) is 0 Å². The number of non-ortho nitro benzene ring substituents is 2. The Bertz CT molecular complexity index is 1480. The van der Waals surface area contributed by atoms with Crippen molar-refractivity contribution in [1.82, 2.24) is 0 Å². The Balaban J connectivity index is 1.47. The molecule has 0 spiro atoms. The number of rotatable bonds is 6. The van der Waals surface area contributed by atoms with Gasteiger partial charge >= 0.3 is 0 Å². The highest BCUT2D eigenvalue weighted by Crippen LogP contribution is 2.46. The average molecular weight is 490 g/mol. The standard InChI is InChI=1S/C24H14N2O8S/c27-25(28)15-1-5-17(6-2-15)33-19-9-11-23-21(13-19)22-14-20(10-12-24(22)35(23,31)32)34-18-7-3-16(4-8-18)26(29)30/h1-14H. The number of nitrogens with zero attached hydrogens (tertiary/aromatic N) is 2. The second kappa shape index (κ2) is 8.22. The second-order valence-corrected chi connectivity index (χ2v) is 9.41. The van der Waals surface area contributed by atoms with Crippen molar-refractivity contribution in [1.29, 1.82) is 0 Å². The molecule has 0 atom stereocenters. The number of ether oxygens (including phenoxy) is 2. The predicted octanol–water partition coefficient (Wildman–Crippen LogP) is 5.90. The molecule has 10 nitrogen and oxygen atoms in total. The van der Waals surface area contributed by atoms with Crippen LogP contribution >= 0.6 is 0 Å². The third-order valence-electron chi connectivity index (χ3n) is 5.34. The van der Waals surface area contributed by atoms with Crippen molar-refractivity contribution in [3.8, 4) is 34.1 Å². The van der Waals surface area contributed by atoms with Gasteiger partial charge in [0.1, 0.15) is 23.0 Å². The normalized spacial score (nSPS) is 12.9. The van der Waals surface area contributed by atoms with Gasteiger partial charge in [-0.25, -0.2) is 8.42 Å². The predicted molar refractivity (Wildman–Crippen MR) is 124 cm³/mol. The number of fused-ring (bicyclic) bond motifs is 3. The van der Waals surface area contributed by atoms with E-state index >= 15 is 0 Å². The van der Waals surface area contributed by atoms with Gasteiger partial charge < -0.3 is 9.47 Å². The number of benzene rings is 4. The van der Waals surface area contributed by atoms with Crippen LogP contribution in [0.5, 0.6) is 23.0 Å². The van der Waals surface area contributed by atoms with Crippen LogP contribution in [0.25, 0.3) is 11.1 Å². The summed E-state index contributed by atoms with van der Waals surface area (Å²) in [6.45, 7) is 0. The molecule has 0 saturated carbocycles. The highest BCUT2D eigenvalue weighted by atomic mass is 32.2. The van der Waals surface area contributed by atoms with E-state index in [-0.39, 0.29) is 21.2 Å². The summed E-state index contributed by atoms with van der Waals surface area (Å²) in [4.78, 5) is 20.9. The lowest BCUT2D eigenvalue weighted by Gasteiger charge is -2.09. The summed E-state index contributed by atoms with van der Waals surface area (Å²) in [7, 11) is -3.74. The molecule has 0 radical (unpaired) electrons. The molecule has 0 saturated heterocycles. The molecule has 5 rings (SSSR count). The van der Waals surface area contributed by atoms with Crippen molar-refractivity contribution < 1.29 is 27.7 Å². The lowest BCUT2D eigenvalue weighted by molar-refractivity contribution is -0.385. The fraction of sp³-hybridized carbons (Fsp3) is 0. The van der Waals surface area contributed by atoms with Gasteiger partial charge in [0.2, 0.25) is 9.84 Å². The Labute approximate surface area is 198 Å². The zero-order chi connectivity index (χ0) is 24.7. The van der Waals surface area contributed by atoms with Gasteiger partial charge in [0.05, 0.1) is 19.6 Å². The summed E-state index contributed by atoms with van der Waals surface area (Å²) in [6, 6.07) is 20.1. The molecule has 11 heteroatoms. The molecule has 0 amide bonds. The van der Waals surface area contributed by atoms with E-state index in [1.54, 1.807) is 12.1 Å². The molecule has 0 fully saturated rings. The van der Waals surface area contributed by atoms with E-state index in [4.69, 9.17) is 9.47 Å². The maximum Gasteiger partial charge on any atom is 0.269 e. The highest BCUT2D eigenvalue weighted by molar-refractivity contribution is 7.92. The second-order valence-electron chi connectivity index (χ2n) is 7.53. The Morgan fingerprint density at radius 1 is 0.543 bits per heavy atom. The molecular weight excluding hydrogens is 476 g/mol. The fourth-order valence-corrected chi connectivity index (χ4v) is 5.35. The number of nitro benzene ring substituents is 2. The van der Waals surface area contributed by atoms with Gasteiger partial charge in [0.25, 0.3) is 11.4 Å². The summed E-state index contributed by atoms with van der Waals surface area (Å²) in [5.74, 6) is 1.41. The van der Waals surface area contributed by atoms with E-state index in [1.807, 2.05) is 0 Å². The minimum Gasteiger partial charge on any atom is -0.457 e. The Hall–Kier alpha value is -4.77. The van der Waals surface area contributed by atoms with Gasteiger partial charge in [-0.3, -0.25) is 20.2 Å². The minimum atomic E-state index is -3.74. The molecule has 0 aromatic heterocycles. The van der Waals surface area contributed by atoms with Gasteiger partial charge in [0, 0.05) is 35.4 Å². The van der Waals surface area contributed by atoms with E-state index in [2.05, 4.69) is 0 Å². The maximum absolute atomic E-state index is 13.0. The topological polar surface area (TPSA) is 139 Å². The van der Waals surface area contributed by atoms with Crippen molar-refractivity contribution in [3.63, 3.8) is 0 Å². The first-order valence-electron chi connectivity index (χ1n) is 10.1. The first kappa shape index (κ1) is 22.0. The van der Waals surface area contributed by atoms with Gasteiger partial charge in [-0.2, -0.15) is 0 Å². The van der Waals surface area contributed by atoms with Crippen LogP contribution in [0, 0.1) is 20.2 Å². The van der Waals surface area contributed by atoms with Crippen molar-refractivity contribution in [2.45, 2.75) is 9.79 Å². The summed E-state index contributed by atoms with van der Waals surface area (Å²) < 4.78 is 37.6. The highest BCUT2D eigenvalue weighted by Gasteiger charge is 2.33. The summed E-state index contributed by atoms with van der Waals surface area (Å²) >= 11 is 0. The van der Waals surface area contributed by atoms with Crippen LogP contribution < -0.4 is 9.47 Å². The monoisotopic (exact) mass is 490 g/mol. The third-order valence-corrected chi connectivity index (χ3v) is 7.21. The van der Waals surface area contributed by atoms with Crippen LogP contribution in [-0.4, -0.2) is 18.3 Å². The van der Waals surface area contributed by atoms with E-state index in [9.17, 15) is 28.6 Å². The molecule has 4 aromatic rings. The molecule has 174 valence electrons. The maximum atomic E-state index is 13.0. The van der Waals surface area contributed by atoms with Crippen molar-refractivity contribution in [3.05, 3.63) is 105 Å². The molecular formula is C24H14N2O8S. The van der Waals surface area contributed by atoms with Crippen molar-refractivity contribution in [2.24, 2.45) is 0 Å². The van der Waals surface area contributed by atoms with Crippen LogP contribution in [0.15, 0.2) is 94.7 Å². The molecule has 1 aliphatic heterocycles. The lowest BCUT2D eigenvalue weighted by Crippen LogP contribution is -1.96. The Morgan fingerprint density at radius 3 is 1.23 bits per heavy atom. The molecule has 35 heavy (non-hydrogen) atoms. The Morgan fingerprint density at radius 2 is 0.886 bits per heavy atom. The number of hydrogen-bond acceptors (Lipinski definition) is 8. The van der Waals surface area contributed by atoms with Crippen LogP contribution in [0.3, 0.4) is 0 Å². The third kappa shape index (κ3) is 4.04. The van der Waals surface area contributed by atoms with Crippen molar-refractivity contribution in [2.75, 3.05) is 0 Å². The average Bonchev–Trinajstić information content (AvgIpc) is 3.06. The summed E-state index contributed by atoms with van der Waals surface area (Å²) in [6.07, 6.45) is 0. The molecule has 0 bridgehead atoms. The quantitative estimate of drug-likeness (QED) is 0.212. The first-order valence-corrected chi connectivity index (χ1v) is 11.6. The van der Waals surface area contributed by atoms with Gasteiger partial charge in [-0.1, -0.05) is 0 Å². The largest absolute Gasteiger partial charge is 0.457 e. The van der Waals surface area contributed by atoms with Crippen LogP contribution in [-0.2, 0) is 9.84 Å². The number of nitro groups is 2. The van der Waals surface area contributed by atoms with E-state index < -0.39 is 19.7 Å². The van der Waals surface area contributed by atoms with E-state index in [0.29, 0.717) is 34.1 Å². The SMILES string of the molecule is O=[N+]([O-])c1ccc(Oc2ccc3c(c2)-c2cc(Oc4ccc([N+](=O)[O-])cc4)ccc2S3(=O)=O)cc1. The molecule has 1 heterocycles. The van der Waals surface area contributed by atoms with Crippen LogP contribution in [0.1, 0.15) is 0 Å². The smallest absolute Gasteiger partial charge is 0.269 e. The first-order chi connectivity index (χ1) is 16.7. The molecule has 0 aliphatic carbocycles. The van der Waals surface area contributed by atoms with Crippen molar-refractivity contribution >= 4 is 21.2 Å². The van der Waals surface area contributed by atoms with Crippen LogP contribution in [0.2, 0.25) is 0 Å². The van der Waals surface area contributed by atoms with Gasteiger partial charge in [-0.15, -0.1) is 0 Å². The lowest BCUT2D eigenvalue weighted by atomic mass is 10.1. The fourth-order valence-electron chi connectivity index (χ4n) is 3.70. The summed E-state index contributed by atoms with van der Waals surface area (Å²) in [5, 5.41) is 21.7. The Kier molecular flexibility index (Phi) is 5.18. The minimum absolute atomic E-state index is 0.0770. The number of hydrogen-bond donors (Lipinski definition) is 0. The van der Waals surface area contributed by atoms with E-state index in [0.717, 1.165) is 0 Å². The van der Waals surface area contributed by atoms with E-state index in [1.165, 1.54) is 72.8 Å². The molecule has 1 aliphatic rings. The molecule has 0 unspecified atom stereocenters. The summed E-state index contributed by atoms with van der Waals surface area (Å²) in [5.41, 5.74) is 0.695.